The summed E-state index contributed by atoms with van der Waals surface area (Å²) in [5, 5.41) is 56.0. The molecule has 67 heavy (non-hydrogen) atoms. The summed E-state index contributed by atoms with van der Waals surface area (Å²) in [6.45, 7) is 10.4. The van der Waals surface area contributed by atoms with E-state index in [2.05, 4.69) is 79.6 Å². The third-order valence-electron chi connectivity index (χ3n) is 10.2. The molecule has 0 bridgehead atoms. The van der Waals surface area contributed by atoms with Crippen LogP contribution in [0.25, 0.3) is 64.6 Å². The lowest BCUT2D eigenvalue weighted by Crippen LogP contribution is -2.17. The minimum atomic E-state index is -0.877. The van der Waals surface area contributed by atoms with Crippen LogP contribution in [-0.2, 0) is 28.4 Å². The molecule has 13 heteroatoms. The fourth-order valence-electron chi connectivity index (χ4n) is 6.97. The number of carboxylic acids is 1. The molecule has 0 spiro atoms. The highest BCUT2D eigenvalue weighted by Gasteiger charge is 2.17. The van der Waals surface area contributed by atoms with Gasteiger partial charge >= 0.3 is 11.9 Å². The van der Waals surface area contributed by atoms with Crippen LogP contribution in [0.1, 0.15) is 55.3 Å². The topological polar surface area (TPSA) is 191 Å². The van der Waals surface area contributed by atoms with Gasteiger partial charge in [0.1, 0.15) is 6.61 Å². The van der Waals surface area contributed by atoms with Crippen molar-refractivity contribution in [2.24, 2.45) is 0 Å². The van der Waals surface area contributed by atoms with Gasteiger partial charge in [-0.1, -0.05) is 97.1 Å². The zero-order chi connectivity index (χ0) is 49.6. The maximum atomic E-state index is 12.5. The number of aliphatic hydroxyl groups excluding tert-OH is 4. The molecule has 0 aliphatic carbocycles. The first-order valence-corrected chi connectivity index (χ1v) is 22.0. The maximum absolute atomic E-state index is 12.5. The normalized spacial score (nSPS) is 13.1. The molecule has 5 N–H and O–H groups in total. The van der Waals surface area contributed by atoms with Crippen LogP contribution >= 0.6 is 0 Å². The number of benzene rings is 8. The summed E-state index contributed by atoms with van der Waals surface area (Å²) in [7, 11) is 7.86. The Bertz CT molecular complexity index is 2620. The van der Waals surface area contributed by atoms with Gasteiger partial charge in [-0.3, -0.25) is 0 Å². The maximum Gasteiger partial charge on any atom is 0.338 e. The minimum absolute atomic E-state index is 0.00926. The molecule has 0 radical (unpaired) electrons. The van der Waals surface area contributed by atoms with Crippen molar-refractivity contribution in [2.45, 2.75) is 65.1 Å². The molecule has 0 aliphatic rings. The van der Waals surface area contributed by atoms with Crippen molar-refractivity contribution in [1.29, 1.82) is 0 Å². The Morgan fingerprint density at radius 2 is 0.776 bits per heavy atom. The standard InChI is InChI=1S/C21H18O3.C17H10O2.4C4H10O2/c1-13(23-2)12-24-21(22)18-11-9-16-7-6-14-4-3-5-15-8-10-17(18)20(16)19(14)15;18-17(19)14-9-7-12-5-4-10-2-1-3-11-6-8-13(14)16(12)15(10)11;3*1-4(5)3-6-2;1-4(3-5)6-2/h3-11,13H,12H2,1-2H3;1-9H,(H,18,19);4*4-5H,3H2,1-2H3. The molecule has 0 saturated carbocycles. The summed E-state index contributed by atoms with van der Waals surface area (Å²) in [6, 6.07) is 36.2. The molecule has 0 aliphatic heterocycles. The number of hydrogen-bond donors (Lipinski definition) is 5. The zero-order valence-corrected chi connectivity index (χ0v) is 40.3. The van der Waals surface area contributed by atoms with Gasteiger partial charge in [0.2, 0.25) is 0 Å². The van der Waals surface area contributed by atoms with E-state index < -0.39 is 5.97 Å². The van der Waals surface area contributed by atoms with E-state index in [1.165, 1.54) is 16.2 Å². The SMILES string of the molecule is COC(C)CO.COC(C)COC(=O)c1ccc2ccc3cccc4ccc1c2c34.COCC(C)O.COCC(C)O.COCC(C)O.O=C(O)c1ccc2ccc3cccc4ccc1c2c34. The van der Waals surface area contributed by atoms with Crippen LogP contribution in [0.2, 0.25) is 0 Å². The minimum Gasteiger partial charge on any atom is -0.478 e. The van der Waals surface area contributed by atoms with Crippen LogP contribution < -0.4 is 0 Å². The lowest BCUT2D eigenvalue weighted by molar-refractivity contribution is 0.0171. The Balaban J connectivity index is 0.000000244. The van der Waals surface area contributed by atoms with Gasteiger partial charge < -0.3 is 54.0 Å². The van der Waals surface area contributed by atoms with Crippen molar-refractivity contribution >= 4 is 76.6 Å². The summed E-state index contributed by atoms with van der Waals surface area (Å²) >= 11 is 0. The van der Waals surface area contributed by atoms with Crippen molar-refractivity contribution in [2.75, 3.05) is 68.6 Å². The van der Waals surface area contributed by atoms with E-state index in [-0.39, 0.29) is 49.7 Å². The molecule has 13 nitrogen and oxygen atoms in total. The number of ether oxygens (including phenoxy) is 6. The van der Waals surface area contributed by atoms with E-state index in [0.29, 0.717) is 30.9 Å². The molecule has 362 valence electrons. The van der Waals surface area contributed by atoms with Gasteiger partial charge in [0.25, 0.3) is 0 Å². The first kappa shape index (κ1) is 55.7. The van der Waals surface area contributed by atoms with Crippen molar-refractivity contribution in [3.8, 4) is 0 Å². The number of carboxylic acid groups (broad SMARTS) is 1. The largest absolute Gasteiger partial charge is 0.478 e. The summed E-state index contributed by atoms with van der Waals surface area (Å²) in [6.07, 6.45) is -1.10. The Morgan fingerprint density at radius 3 is 1.07 bits per heavy atom. The van der Waals surface area contributed by atoms with Gasteiger partial charge in [-0.25, -0.2) is 9.59 Å². The first-order valence-electron chi connectivity index (χ1n) is 22.0. The molecule has 8 rings (SSSR count). The zero-order valence-electron chi connectivity index (χ0n) is 40.3. The predicted octanol–water partition coefficient (Wildman–Crippen LogP) is 9.11. The van der Waals surface area contributed by atoms with E-state index in [9.17, 15) is 14.7 Å². The number of aromatic carboxylic acids is 1. The Kier molecular flexibility index (Phi) is 23.8. The molecule has 0 fully saturated rings. The Hall–Kier alpha value is -5.58. The second kappa shape index (κ2) is 28.6. The fraction of sp³-hybridized carbons (Fsp3) is 0.370. The van der Waals surface area contributed by atoms with Gasteiger partial charge in [0, 0.05) is 35.5 Å². The summed E-state index contributed by atoms with van der Waals surface area (Å²) < 4.78 is 28.9. The lowest BCUT2D eigenvalue weighted by Gasteiger charge is -2.14. The molecular formula is C54H68O13. The molecule has 8 aromatic rings. The highest BCUT2D eigenvalue weighted by atomic mass is 16.6. The quantitative estimate of drug-likeness (QED) is 0.0544. The van der Waals surface area contributed by atoms with E-state index in [0.717, 1.165) is 48.5 Å². The summed E-state index contributed by atoms with van der Waals surface area (Å²) in [5.74, 6) is -1.19. The highest BCUT2D eigenvalue weighted by Crippen LogP contribution is 2.37. The number of rotatable bonds is 13. The average Bonchev–Trinajstić information content (AvgIpc) is 3.32. The van der Waals surface area contributed by atoms with E-state index in [4.69, 9.17) is 29.9 Å². The van der Waals surface area contributed by atoms with Crippen molar-refractivity contribution in [1.82, 2.24) is 0 Å². The van der Waals surface area contributed by atoms with Gasteiger partial charge in [0.05, 0.1) is 68.1 Å². The van der Waals surface area contributed by atoms with Crippen LogP contribution in [0.3, 0.4) is 0 Å². The molecule has 5 atom stereocenters. The summed E-state index contributed by atoms with van der Waals surface area (Å²) in [5.41, 5.74) is 0.967. The van der Waals surface area contributed by atoms with E-state index >= 15 is 0 Å². The number of carbonyl (C=O) groups is 2. The molecule has 5 unspecified atom stereocenters. The van der Waals surface area contributed by atoms with Gasteiger partial charge in [-0.05, 0) is 111 Å². The van der Waals surface area contributed by atoms with E-state index in [1.54, 1.807) is 69.3 Å². The average molecular weight is 925 g/mol. The van der Waals surface area contributed by atoms with Gasteiger partial charge in [-0.15, -0.1) is 0 Å². The van der Waals surface area contributed by atoms with E-state index in [1.807, 2.05) is 49.4 Å². The first-order chi connectivity index (χ1) is 32.1. The third-order valence-corrected chi connectivity index (χ3v) is 10.2. The molecular weight excluding hydrogens is 857 g/mol. The lowest BCUT2D eigenvalue weighted by atomic mass is 9.92. The molecule has 0 heterocycles. The van der Waals surface area contributed by atoms with Crippen LogP contribution in [0.4, 0.5) is 0 Å². The molecule has 0 amide bonds. The Labute approximate surface area is 393 Å². The van der Waals surface area contributed by atoms with Crippen molar-refractivity contribution in [3.05, 3.63) is 120 Å². The number of carbonyl (C=O) groups excluding carboxylic acids is 1. The van der Waals surface area contributed by atoms with Crippen LogP contribution in [0, 0.1) is 0 Å². The van der Waals surface area contributed by atoms with Crippen LogP contribution in [0.5, 0.6) is 0 Å². The third kappa shape index (κ3) is 16.3. The van der Waals surface area contributed by atoms with Crippen LogP contribution in [-0.4, -0.2) is 137 Å². The number of hydrogen-bond acceptors (Lipinski definition) is 12. The van der Waals surface area contributed by atoms with Crippen molar-refractivity contribution in [3.63, 3.8) is 0 Å². The predicted molar refractivity (Wildman–Crippen MR) is 268 cm³/mol. The van der Waals surface area contributed by atoms with Crippen LogP contribution in [0.15, 0.2) is 109 Å². The Morgan fingerprint density at radius 1 is 0.448 bits per heavy atom. The van der Waals surface area contributed by atoms with Gasteiger partial charge in [-0.2, -0.15) is 0 Å². The number of aliphatic hydroxyl groups is 4. The molecule has 0 saturated heterocycles. The van der Waals surface area contributed by atoms with Crippen molar-refractivity contribution < 1.29 is 63.5 Å². The summed E-state index contributed by atoms with van der Waals surface area (Å²) in [4.78, 5) is 23.9. The fourth-order valence-corrected chi connectivity index (χ4v) is 6.97. The molecule has 0 aromatic heterocycles. The second-order valence-electron chi connectivity index (χ2n) is 16.0. The smallest absolute Gasteiger partial charge is 0.338 e. The molecule has 8 aromatic carbocycles. The number of methoxy groups -OCH3 is 5. The highest BCUT2D eigenvalue weighted by molar-refractivity contribution is 6.27. The van der Waals surface area contributed by atoms with Gasteiger partial charge in [0.15, 0.2) is 0 Å². The monoisotopic (exact) mass is 924 g/mol. The second-order valence-corrected chi connectivity index (χ2v) is 16.0. The number of esters is 1.